The molecule has 0 bridgehead atoms. The Bertz CT molecular complexity index is 1100. The highest BCUT2D eigenvalue weighted by Gasteiger charge is 2.15. The summed E-state index contributed by atoms with van der Waals surface area (Å²) in [5.41, 5.74) is 6.11. The number of carbonyl (C=O) groups is 1. The van der Waals surface area contributed by atoms with Gasteiger partial charge in [-0.3, -0.25) is 15.9 Å². The number of nitrogens with one attached hydrogen (secondary N) is 1. The van der Waals surface area contributed by atoms with Crippen LogP contribution in [-0.4, -0.2) is 23.4 Å². The number of carbonyl (C=O) groups excluding carboxylic acids is 1. The fourth-order valence-corrected chi connectivity index (χ4v) is 3.31. The van der Waals surface area contributed by atoms with E-state index in [-0.39, 0.29) is 40.5 Å². The van der Waals surface area contributed by atoms with Gasteiger partial charge < -0.3 is 14.5 Å². The molecule has 0 aliphatic carbocycles. The zero-order chi connectivity index (χ0) is 20.8. The monoisotopic (exact) mass is 432 g/mol. The second kappa shape index (κ2) is 9.49. The summed E-state index contributed by atoms with van der Waals surface area (Å²) in [6, 6.07) is 14.2. The number of benzene rings is 2. The normalized spacial score (nSPS) is 10.7. The van der Waals surface area contributed by atoms with Crippen molar-refractivity contribution in [2.45, 2.75) is 6.42 Å². The first-order valence-electron chi connectivity index (χ1n) is 8.67. The van der Waals surface area contributed by atoms with Crippen molar-refractivity contribution in [3.05, 3.63) is 69.5 Å². The summed E-state index contributed by atoms with van der Waals surface area (Å²) in [6.45, 7) is 0.213. The molecular weight excluding hydrogens is 414 g/mol. The number of fused-ring (bicyclic) bond motifs is 1. The van der Waals surface area contributed by atoms with Gasteiger partial charge in [0.1, 0.15) is 11.6 Å². The smallest absolute Gasteiger partial charge is 0.346 e. The molecule has 0 aliphatic heterocycles. The van der Waals surface area contributed by atoms with Gasteiger partial charge in [-0.05, 0) is 29.5 Å². The predicted octanol–water partition coefficient (Wildman–Crippen LogP) is 1.81. The van der Waals surface area contributed by atoms with Crippen LogP contribution in [0.25, 0.3) is 10.8 Å². The molecule has 150 valence electrons. The number of thioether (sulfide) groups is 1. The molecule has 2 aromatic carbocycles. The van der Waals surface area contributed by atoms with Crippen LogP contribution in [0.1, 0.15) is 5.56 Å². The van der Waals surface area contributed by atoms with Crippen molar-refractivity contribution in [1.82, 2.24) is 0 Å². The molecule has 0 atom stereocenters. The molecule has 9 heteroatoms. The Morgan fingerprint density at radius 1 is 1.21 bits per heavy atom. The van der Waals surface area contributed by atoms with Crippen molar-refractivity contribution < 1.29 is 19.4 Å². The Morgan fingerprint density at radius 3 is 2.69 bits per heavy atom. The number of rotatable bonds is 7. The van der Waals surface area contributed by atoms with Gasteiger partial charge in [-0.25, -0.2) is 4.79 Å². The van der Waals surface area contributed by atoms with E-state index in [2.05, 4.69) is 5.32 Å². The minimum atomic E-state index is -0.615. The van der Waals surface area contributed by atoms with Crippen LogP contribution in [0.5, 0.6) is 5.95 Å². The Hall–Kier alpha value is -2.97. The fourth-order valence-electron chi connectivity index (χ4n) is 2.65. The Kier molecular flexibility index (Phi) is 6.79. The molecule has 7 nitrogen and oxygen atoms in total. The van der Waals surface area contributed by atoms with Gasteiger partial charge in [-0.1, -0.05) is 48.0 Å². The number of amides is 1. The minimum Gasteiger partial charge on any atom is -0.463 e. The summed E-state index contributed by atoms with van der Waals surface area (Å²) in [6.07, 6.45) is 0.226. The van der Waals surface area contributed by atoms with Crippen LogP contribution in [-0.2, 0) is 11.2 Å². The van der Waals surface area contributed by atoms with Gasteiger partial charge in [-0.15, -0.1) is 0 Å². The SMILES string of the molecule is NC(=[NH2+])SCCOc1oc(=O)c2cc(NC(=O)Cc3ccccc3)ccc2c1Cl. The van der Waals surface area contributed by atoms with E-state index >= 15 is 0 Å². The predicted molar refractivity (Wildman–Crippen MR) is 115 cm³/mol. The molecule has 0 fully saturated rings. The van der Waals surface area contributed by atoms with Gasteiger partial charge in [0.05, 0.1) is 11.8 Å². The third-order valence-corrected chi connectivity index (χ3v) is 4.98. The number of anilines is 1. The van der Waals surface area contributed by atoms with Crippen LogP contribution in [0.15, 0.2) is 57.7 Å². The number of halogens is 1. The number of nitrogens with two attached hydrogens (primary N) is 2. The zero-order valence-electron chi connectivity index (χ0n) is 15.3. The lowest BCUT2D eigenvalue weighted by molar-refractivity contribution is -0.115. The van der Waals surface area contributed by atoms with Crippen LogP contribution in [0, 0.1) is 0 Å². The molecule has 3 aromatic rings. The molecule has 5 N–H and O–H groups in total. The maximum absolute atomic E-state index is 12.4. The van der Waals surface area contributed by atoms with Crippen LogP contribution in [0.3, 0.4) is 0 Å². The maximum atomic E-state index is 12.4. The Balaban J connectivity index is 1.75. The average molecular weight is 433 g/mol. The van der Waals surface area contributed by atoms with E-state index < -0.39 is 5.63 Å². The van der Waals surface area contributed by atoms with Gasteiger partial charge in [0.25, 0.3) is 5.17 Å². The molecule has 29 heavy (non-hydrogen) atoms. The topological polar surface area (TPSA) is 120 Å². The molecule has 0 aliphatic rings. The quantitative estimate of drug-likeness (QED) is 0.297. The highest BCUT2D eigenvalue weighted by atomic mass is 35.5. The largest absolute Gasteiger partial charge is 0.463 e. The van der Waals surface area contributed by atoms with E-state index in [0.29, 0.717) is 16.8 Å². The summed E-state index contributed by atoms with van der Waals surface area (Å²) >= 11 is 7.53. The maximum Gasteiger partial charge on any atom is 0.346 e. The van der Waals surface area contributed by atoms with Crippen molar-refractivity contribution in [1.29, 1.82) is 0 Å². The van der Waals surface area contributed by atoms with Crippen molar-refractivity contribution in [3.63, 3.8) is 0 Å². The van der Waals surface area contributed by atoms with Gasteiger partial charge in [0, 0.05) is 16.8 Å². The first-order chi connectivity index (χ1) is 13.9. The molecule has 0 saturated carbocycles. The summed E-state index contributed by atoms with van der Waals surface area (Å²) in [7, 11) is 0. The lowest BCUT2D eigenvalue weighted by Gasteiger charge is -2.09. The fraction of sp³-hybridized carbons (Fsp3) is 0.150. The Morgan fingerprint density at radius 2 is 1.97 bits per heavy atom. The van der Waals surface area contributed by atoms with E-state index in [1.165, 1.54) is 17.8 Å². The first-order valence-corrected chi connectivity index (χ1v) is 10.0. The van der Waals surface area contributed by atoms with Crippen molar-refractivity contribution >= 4 is 50.9 Å². The van der Waals surface area contributed by atoms with Gasteiger partial charge >= 0.3 is 11.6 Å². The van der Waals surface area contributed by atoms with Gasteiger partial charge in [0.2, 0.25) is 5.91 Å². The van der Waals surface area contributed by atoms with E-state index in [9.17, 15) is 9.59 Å². The van der Waals surface area contributed by atoms with E-state index in [1.54, 1.807) is 12.1 Å². The first kappa shape index (κ1) is 20.8. The van der Waals surface area contributed by atoms with E-state index in [4.69, 9.17) is 31.9 Å². The van der Waals surface area contributed by atoms with Crippen LogP contribution < -0.4 is 26.8 Å². The second-order valence-corrected chi connectivity index (χ2v) is 7.61. The molecule has 3 rings (SSSR count). The molecule has 0 saturated heterocycles. The second-order valence-electron chi connectivity index (χ2n) is 6.06. The van der Waals surface area contributed by atoms with Crippen molar-refractivity contribution in [2.24, 2.45) is 5.73 Å². The summed E-state index contributed by atoms with van der Waals surface area (Å²) < 4.78 is 10.6. The van der Waals surface area contributed by atoms with Crippen LogP contribution in [0.2, 0.25) is 5.02 Å². The summed E-state index contributed by atoms with van der Waals surface area (Å²) in [5.74, 6) is 0.216. The molecule has 0 unspecified atom stereocenters. The van der Waals surface area contributed by atoms with Gasteiger partial charge in [0.15, 0.2) is 0 Å². The number of ether oxygens (including phenoxy) is 1. The Labute approximate surface area is 175 Å². The van der Waals surface area contributed by atoms with Crippen molar-refractivity contribution in [2.75, 3.05) is 17.7 Å². The van der Waals surface area contributed by atoms with E-state index in [1.807, 2.05) is 30.3 Å². The summed E-state index contributed by atoms with van der Waals surface area (Å²) in [5, 5.41) is 9.25. The molecule has 0 spiro atoms. The van der Waals surface area contributed by atoms with E-state index in [0.717, 1.165) is 5.56 Å². The minimum absolute atomic E-state index is 0.0683. The number of hydrogen-bond donors (Lipinski definition) is 3. The number of amidine groups is 1. The number of hydrogen-bond acceptors (Lipinski definition) is 5. The highest BCUT2D eigenvalue weighted by Crippen LogP contribution is 2.32. The standard InChI is InChI=1S/C20H18ClN3O4S/c21-17-14-7-6-13(24-16(25)10-12-4-2-1-3-5-12)11-15(14)18(26)28-19(17)27-8-9-29-20(22)23/h1-7,11H,8-10H2,(H3,22,23)(H,24,25)/p+1. The lowest BCUT2D eigenvalue weighted by Crippen LogP contribution is -2.43. The third kappa shape index (κ3) is 5.52. The lowest BCUT2D eigenvalue weighted by atomic mass is 10.1. The van der Waals surface area contributed by atoms with Gasteiger partial charge in [-0.2, -0.15) is 0 Å². The zero-order valence-corrected chi connectivity index (χ0v) is 16.9. The third-order valence-electron chi connectivity index (χ3n) is 3.92. The molecular formula is C20H19ClN3O4S+. The molecule has 1 heterocycles. The molecule has 1 aromatic heterocycles. The van der Waals surface area contributed by atoms with Crippen molar-refractivity contribution in [3.8, 4) is 5.95 Å². The van der Waals surface area contributed by atoms with Crippen LogP contribution >= 0.6 is 23.4 Å². The average Bonchev–Trinajstić information content (AvgIpc) is 2.69. The molecule has 1 amide bonds. The molecule has 0 radical (unpaired) electrons. The highest BCUT2D eigenvalue weighted by molar-refractivity contribution is 8.13. The van der Waals surface area contributed by atoms with Crippen LogP contribution in [0.4, 0.5) is 5.69 Å². The summed E-state index contributed by atoms with van der Waals surface area (Å²) in [4.78, 5) is 24.6.